The molecule has 1 saturated carbocycles. The summed E-state index contributed by atoms with van der Waals surface area (Å²) >= 11 is 0. The van der Waals surface area contributed by atoms with Crippen LogP contribution in [0.4, 0.5) is 11.4 Å². The number of aromatic nitrogens is 1. The van der Waals surface area contributed by atoms with Gasteiger partial charge >= 0.3 is 0 Å². The number of rotatable bonds is 5. The van der Waals surface area contributed by atoms with Crippen LogP contribution >= 0.6 is 0 Å². The average molecular weight is 247 g/mol. The number of nitrogens with zero attached hydrogens (tertiary/aromatic N) is 1. The molecule has 18 heavy (non-hydrogen) atoms. The molecule has 3 nitrogen and oxygen atoms in total. The predicted molar refractivity (Wildman–Crippen MR) is 78.1 cm³/mol. The monoisotopic (exact) mass is 247 g/mol. The van der Waals surface area contributed by atoms with Gasteiger partial charge in [0.25, 0.3) is 0 Å². The standard InChI is InChI=1S/C15H25N3/c1-3-15(12-7-5-4-6-8-12)18-14-9-13(16-2)10-17-11-14/h9-12,15-16,18H,3-8H2,1-2H3. The van der Waals surface area contributed by atoms with E-state index in [1.54, 1.807) is 0 Å². The molecule has 0 aliphatic heterocycles. The van der Waals surface area contributed by atoms with E-state index in [1.165, 1.54) is 38.5 Å². The third-order valence-electron chi connectivity index (χ3n) is 4.04. The van der Waals surface area contributed by atoms with Gasteiger partial charge in [0.2, 0.25) is 0 Å². The first-order valence-electron chi connectivity index (χ1n) is 7.22. The molecule has 1 fully saturated rings. The van der Waals surface area contributed by atoms with E-state index >= 15 is 0 Å². The fourth-order valence-corrected chi connectivity index (χ4v) is 2.96. The molecular formula is C15H25N3. The number of nitrogens with one attached hydrogen (secondary N) is 2. The second-order valence-electron chi connectivity index (χ2n) is 5.27. The molecule has 0 bridgehead atoms. The predicted octanol–water partition coefficient (Wildman–Crippen LogP) is 3.89. The first-order valence-corrected chi connectivity index (χ1v) is 7.22. The molecule has 0 spiro atoms. The first-order chi connectivity index (χ1) is 8.83. The Bertz CT molecular complexity index is 359. The summed E-state index contributed by atoms with van der Waals surface area (Å²) in [6.07, 6.45) is 11.9. The summed E-state index contributed by atoms with van der Waals surface area (Å²) < 4.78 is 0. The second kappa shape index (κ2) is 6.62. The fraction of sp³-hybridized carbons (Fsp3) is 0.667. The fourth-order valence-electron chi connectivity index (χ4n) is 2.96. The van der Waals surface area contributed by atoms with Crippen molar-refractivity contribution in [3.05, 3.63) is 18.5 Å². The Morgan fingerprint density at radius 2 is 1.94 bits per heavy atom. The molecule has 0 radical (unpaired) electrons. The molecule has 1 atom stereocenters. The van der Waals surface area contributed by atoms with Gasteiger partial charge in [-0.15, -0.1) is 0 Å². The maximum Gasteiger partial charge on any atom is 0.0549 e. The molecule has 0 amide bonds. The summed E-state index contributed by atoms with van der Waals surface area (Å²) in [5.41, 5.74) is 2.21. The molecular weight excluding hydrogens is 222 g/mol. The van der Waals surface area contributed by atoms with Crippen LogP contribution in [0.1, 0.15) is 45.4 Å². The van der Waals surface area contributed by atoms with E-state index in [-0.39, 0.29) is 0 Å². The van der Waals surface area contributed by atoms with Gasteiger partial charge in [0.05, 0.1) is 23.8 Å². The second-order valence-corrected chi connectivity index (χ2v) is 5.27. The summed E-state index contributed by atoms with van der Waals surface area (Å²) in [6, 6.07) is 2.73. The number of anilines is 2. The van der Waals surface area contributed by atoms with Gasteiger partial charge < -0.3 is 10.6 Å². The molecule has 3 heteroatoms. The minimum atomic E-state index is 0.596. The van der Waals surface area contributed by atoms with Gasteiger partial charge in [0, 0.05) is 13.1 Å². The molecule has 1 aromatic heterocycles. The van der Waals surface area contributed by atoms with Crippen molar-refractivity contribution >= 4 is 11.4 Å². The minimum absolute atomic E-state index is 0.596. The van der Waals surface area contributed by atoms with Crippen molar-refractivity contribution in [1.29, 1.82) is 0 Å². The summed E-state index contributed by atoms with van der Waals surface area (Å²) in [4.78, 5) is 4.26. The Morgan fingerprint density at radius 1 is 1.22 bits per heavy atom. The largest absolute Gasteiger partial charge is 0.387 e. The quantitative estimate of drug-likeness (QED) is 0.828. The lowest BCUT2D eigenvalue weighted by Gasteiger charge is -2.31. The Hall–Kier alpha value is -1.25. The molecule has 1 aliphatic carbocycles. The van der Waals surface area contributed by atoms with E-state index in [4.69, 9.17) is 0 Å². The molecule has 1 aromatic rings. The van der Waals surface area contributed by atoms with Crippen molar-refractivity contribution in [3.8, 4) is 0 Å². The SMILES string of the molecule is CCC(Nc1cncc(NC)c1)C1CCCCC1. The summed E-state index contributed by atoms with van der Waals surface area (Å²) in [5.74, 6) is 0.835. The minimum Gasteiger partial charge on any atom is -0.387 e. The van der Waals surface area contributed by atoms with Crippen LogP contribution in [0.25, 0.3) is 0 Å². The van der Waals surface area contributed by atoms with Gasteiger partial charge in [0.1, 0.15) is 0 Å². The van der Waals surface area contributed by atoms with Gasteiger partial charge in [-0.2, -0.15) is 0 Å². The number of hydrogen-bond acceptors (Lipinski definition) is 3. The maximum atomic E-state index is 4.26. The van der Waals surface area contributed by atoms with E-state index in [9.17, 15) is 0 Å². The van der Waals surface area contributed by atoms with E-state index < -0.39 is 0 Å². The summed E-state index contributed by atoms with van der Waals surface area (Å²) in [6.45, 7) is 2.28. The Morgan fingerprint density at radius 3 is 2.61 bits per heavy atom. The smallest absolute Gasteiger partial charge is 0.0549 e. The lowest BCUT2D eigenvalue weighted by Crippen LogP contribution is -2.30. The average Bonchev–Trinajstić information content (AvgIpc) is 2.46. The lowest BCUT2D eigenvalue weighted by atomic mass is 9.83. The summed E-state index contributed by atoms with van der Waals surface area (Å²) in [5, 5.41) is 6.81. The van der Waals surface area contributed by atoms with Crippen molar-refractivity contribution < 1.29 is 0 Å². The molecule has 2 N–H and O–H groups in total. The highest BCUT2D eigenvalue weighted by atomic mass is 14.9. The van der Waals surface area contributed by atoms with Gasteiger partial charge in [0.15, 0.2) is 0 Å². The van der Waals surface area contributed by atoms with Crippen LogP contribution in [-0.2, 0) is 0 Å². The molecule has 2 rings (SSSR count). The van der Waals surface area contributed by atoms with E-state index in [2.05, 4.69) is 28.6 Å². The van der Waals surface area contributed by atoms with Gasteiger partial charge in [-0.3, -0.25) is 4.98 Å². The van der Waals surface area contributed by atoms with Crippen LogP contribution in [0.3, 0.4) is 0 Å². The van der Waals surface area contributed by atoms with E-state index in [1.807, 2.05) is 19.4 Å². The zero-order chi connectivity index (χ0) is 12.8. The van der Waals surface area contributed by atoms with Crippen molar-refractivity contribution in [3.63, 3.8) is 0 Å². The van der Waals surface area contributed by atoms with Crippen LogP contribution in [0, 0.1) is 5.92 Å². The molecule has 1 aliphatic rings. The van der Waals surface area contributed by atoms with Crippen LogP contribution in [0.2, 0.25) is 0 Å². The highest BCUT2D eigenvalue weighted by Crippen LogP contribution is 2.29. The van der Waals surface area contributed by atoms with Crippen LogP contribution in [0.15, 0.2) is 18.5 Å². The van der Waals surface area contributed by atoms with E-state index in [0.29, 0.717) is 6.04 Å². The van der Waals surface area contributed by atoms with Crippen molar-refractivity contribution in [2.45, 2.75) is 51.5 Å². The van der Waals surface area contributed by atoms with Gasteiger partial charge in [-0.1, -0.05) is 26.2 Å². The van der Waals surface area contributed by atoms with Crippen molar-refractivity contribution in [1.82, 2.24) is 4.98 Å². The van der Waals surface area contributed by atoms with Crippen molar-refractivity contribution in [2.75, 3.05) is 17.7 Å². The molecule has 0 aromatic carbocycles. The Kier molecular flexibility index (Phi) is 4.85. The van der Waals surface area contributed by atoms with Crippen molar-refractivity contribution in [2.24, 2.45) is 5.92 Å². The normalized spacial score (nSPS) is 18.3. The number of hydrogen-bond donors (Lipinski definition) is 2. The van der Waals surface area contributed by atoms with Gasteiger partial charge in [-0.05, 0) is 31.2 Å². The first kappa shape index (κ1) is 13.2. The Labute approximate surface area is 110 Å². The van der Waals surface area contributed by atoms with E-state index in [0.717, 1.165) is 17.3 Å². The Balaban J connectivity index is 1.99. The zero-order valence-corrected chi connectivity index (χ0v) is 11.6. The highest BCUT2D eigenvalue weighted by molar-refractivity contribution is 5.54. The third kappa shape index (κ3) is 3.37. The number of pyridine rings is 1. The topological polar surface area (TPSA) is 37.0 Å². The molecule has 0 saturated heterocycles. The lowest BCUT2D eigenvalue weighted by molar-refractivity contribution is 0.313. The molecule has 1 heterocycles. The van der Waals surface area contributed by atoms with Crippen LogP contribution < -0.4 is 10.6 Å². The summed E-state index contributed by atoms with van der Waals surface area (Å²) in [7, 11) is 1.93. The van der Waals surface area contributed by atoms with Crippen LogP contribution in [-0.4, -0.2) is 18.1 Å². The third-order valence-corrected chi connectivity index (χ3v) is 4.04. The van der Waals surface area contributed by atoms with Gasteiger partial charge in [-0.25, -0.2) is 0 Å². The maximum absolute atomic E-state index is 4.26. The zero-order valence-electron chi connectivity index (χ0n) is 11.6. The molecule has 100 valence electrons. The molecule has 1 unspecified atom stereocenters. The highest BCUT2D eigenvalue weighted by Gasteiger charge is 2.22. The van der Waals surface area contributed by atoms with Crippen LogP contribution in [0.5, 0.6) is 0 Å².